The third kappa shape index (κ3) is 2.89. The number of ether oxygens (including phenoxy) is 1. The highest BCUT2D eigenvalue weighted by Crippen LogP contribution is 2.32. The second-order valence-electron chi connectivity index (χ2n) is 3.54. The number of rotatable bonds is 3. The first kappa shape index (κ1) is 13.5. The van der Waals surface area contributed by atoms with Crippen molar-refractivity contribution in [3.63, 3.8) is 0 Å². The average Bonchev–Trinajstić information content (AvgIpc) is 2.36. The Labute approximate surface area is 119 Å². The summed E-state index contributed by atoms with van der Waals surface area (Å²) in [4.78, 5) is 0. The van der Waals surface area contributed by atoms with Gasteiger partial charge in [0.1, 0.15) is 5.75 Å². The van der Waals surface area contributed by atoms with Gasteiger partial charge in [-0.2, -0.15) is 0 Å². The third-order valence-electron chi connectivity index (χ3n) is 2.30. The maximum atomic E-state index is 13.7. The van der Waals surface area contributed by atoms with Gasteiger partial charge in [0, 0.05) is 11.6 Å². The standard InChI is InChI=1S/C13H8Cl3FO/c14-7-8-2-1-3-12(17)13(8)18-9-4-5-10(15)11(16)6-9/h1-6H,7H2. The number of hydrogen-bond donors (Lipinski definition) is 0. The quantitative estimate of drug-likeness (QED) is 0.664. The molecule has 0 aliphatic carbocycles. The van der Waals surface area contributed by atoms with Gasteiger partial charge in [-0.1, -0.05) is 35.3 Å². The molecule has 0 spiro atoms. The Hall–Kier alpha value is -0.960. The molecule has 0 fully saturated rings. The molecule has 18 heavy (non-hydrogen) atoms. The van der Waals surface area contributed by atoms with E-state index in [9.17, 15) is 4.39 Å². The van der Waals surface area contributed by atoms with Crippen molar-refractivity contribution >= 4 is 34.8 Å². The zero-order chi connectivity index (χ0) is 13.1. The van der Waals surface area contributed by atoms with E-state index in [0.29, 0.717) is 21.4 Å². The van der Waals surface area contributed by atoms with Crippen LogP contribution in [0.5, 0.6) is 11.5 Å². The first-order valence-corrected chi connectivity index (χ1v) is 6.37. The fourth-order valence-corrected chi connectivity index (χ4v) is 1.93. The highest BCUT2D eigenvalue weighted by Gasteiger charge is 2.11. The Morgan fingerprint density at radius 3 is 2.50 bits per heavy atom. The van der Waals surface area contributed by atoms with Crippen molar-refractivity contribution in [1.82, 2.24) is 0 Å². The smallest absolute Gasteiger partial charge is 0.167 e. The summed E-state index contributed by atoms with van der Waals surface area (Å²) in [5.74, 6) is 0.194. The summed E-state index contributed by atoms with van der Waals surface area (Å²) in [5, 5.41) is 0.757. The molecule has 0 amide bonds. The second-order valence-corrected chi connectivity index (χ2v) is 4.62. The Balaban J connectivity index is 2.36. The number of benzene rings is 2. The summed E-state index contributed by atoms with van der Waals surface area (Å²) >= 11 is 17.4. The maximum absolute atomic E-state index is 13.7. The average molecular weight is 306 g/mol. The van der Waals surface area contributed by atoms with Crippen LogP contribution >= 0.6 is 34.8 Å². The molecule has 0 unspecified atom stereocenters. The van der Waals surface area contributed by atoms with Gasteiger partial charge in [0.15, 0.2) is 11.6 Å². The van der Waals surface area contributed by atoms with Crippen LogP contribution in [0.3, 0.4) is 0 Å². The van der Waals surface area contributed by atoms with Crippen LogP contribution in [0.25, 0.3) is 0 Å². The van der Waals surface area contributed by atoms with Crippen LogP contribution in [0.2, 0.25) is 10.0 Å². The minimum atomic E-state index is -0.473. The predicted octanol–water partition coefficient (Wildman–Crippen LogP) is 5.66. The Morgan fingerprint density at radius 1 is 1.06 bits per heavy atom. The Morgan fingerprint density at radius 2 is 1.83 bits per heavy atom. The summed E-state index contributed by atoms with van der Waals surface area (Å²) in [6.45, 7) is 0. The van der Waals surface area contributed by atoms with Gasteiger partial charge in [0.05, 0.1) is 15.9 Å². The van der Waals surface area contributed by atoms with Crippen LogP contribution in [0.15, 0.2) is 36.4 Å². The molecule has 0 aromatic heterocycles. The van der Waals surface area contributed by atoms with Gasteiger partial charge in [-0.25, -0.2) is 4.39 Å². The first-order chi connectivity index (χ1) is 8.61. The van der Waals surface area contributed by atoms with Crippen LogP contribution in [0.4, 0.5) is 4.39 Å². The molecule has 2 aromatic carbocycles. The van der Waals surface area contributed by atoms with Crippen LogP contribution < -0.4 is 4.74 Å². The summed E-state index contributed by atoms with van der Waals surface area (Å²) < 4.78 is 19.1. The molecule has 2 rings (SSSR count). The van der Waals surface area contributed by atoms with E-state index in [2.05, 4.69) is 0 Å². The van der Waals surface area contributed by atoms with Crippen LogP contribution in [0, 0.1) is 5.82 Å². The topological polar surface area (TPSA) is 9.23 Å². The summed E-state index contributed by atoms with van der Waals surface area (Å²) in [6, 6.07) is 9.30. The molecule has 0 atom stereocenters. The van der Waals surface area contributed by atoms with Crippen molar-refractivity contribution in [2.75, 3.05) is 0 Å². The van der Waals surface area contributed by atoms with Crippen LogP contribution in [-0.2, 0) is 5.88 Å². The van der Waals surface area contributed by atoms with Crippen molar-refractivity contribution in [1.29, 1.82) is 0 Å². The maximum Gasteiger partial charge on any atom is 0.167 e. The SMILES string of the molecule is Fc1cccc(CCl)c1Oc1ccc(Cl)c(Cl)c1. The second kappa shape index (κ2) is 5.79. The molecule has 5 heteroatoms. The van der Waals surface area contributed by atoms with Gasteiger partial charge >= 0.3 is 0 Å². The predicted molar refractivity (Wildman–Crippen MR) is 72.5 cm³/mol. The van der Waals surface area contributed by atoms with Gasteiger partial charge in [-0.3, -0.25) is 0 Å². The van der Waals surface area contributed by atoms with Crippen molar-refractivity contribution in [3.8, 4) is 11.5 Å². The molecule has 0 saturated heterocycles. The fourth-order valence-electron chi connectivity index (χ4n) is 1.43. The molecule has 0 radical (unpaired) electrons. The third-order valence-corrected chi connectivity index (χ3v) is 3.33. The van der Waals surface area contributed by atoms with Crippen molar-refractivity contribution in [2.45, 2.75) is 5.88 Å². The first-order valence-electron chi connectivity index (χ1n) is 5.08. The number of para-hydroxylation sites is 1. The lowest BCUT2D eigenvalue weighted by Gasteiger charge is -2.11. The molecule has 0 aliphatic heterocycles. The van der Waals surface area contributed by atoms with E-state index in [4.69, 9.17) is 39.5 Å². The van der Waals surface area contributed by atoms with E-state index in [1.165, 1.54) is 12.1 Å². The van der Waals surface area contributed by atoms with Crippen molar-refractivity contribution < 1.29 is 9.13 Å². The molecule has 0 heterocycles. The highest BCUT2D eigenvalue weighted by molar-refractivity contribution is 6.42. The zero-order valence-corrected chi connectivity index (χ0v) is 11.4. The molecule has 1 nitrogen and oxygen atoms in total. The molecule has 94 valence electrons. The lowest BCUT2D eigenvalue weighted by Crippen LogP contribution is -1.93. The number of hydrogen-bond acceptors (Lipinski definition) is 1. The normalized spacial score (nSPS) is 10.4. The number of halogens is 4. The summed E-state index contributed by atoms with van der Waals surface area (Å²) in [6.07, 6.45) is 0. The molecular formula is C13H8Cl3FO. The molecule has 2 aromatic rings. The largest absolute Gasteiger partial charge is 0.454 e. The fraction of sp³-hybridized carbons (Fsp3) is 0.0769. The minimum absolute atomic E-state index is 0.103. The van der Waals surface area contributed by atoms with Gasteiger partial charge in [0.2, 0.25) is 0 Å². The monoisotopic (exact) mass is 304 g/mol. The number of alkyl halides is 1. The lowest BCUT2D eigenvalue weighted by atomic mass is 10.2. The lowest BCUT2D eigenvalue weighted by molar-refractivity contribution is 0.438. The van der Waals surface area contributed by atoms with Gasteiger partial charge in [-0.05, 0) is 18.2 Å². The Kier molecular flexibility index (Phi) is 4.33. The highest BCUT2D eigenvalue weighted by atomic mass is 35.5. The zero-order valence-electron chi connectivity index (χ0n) is 9.09. The van der Waals surface area contributed by atoms with Gasteiger partial charge in [-0.15, -0.1) is 11.6 Å². The van der Waals surface area contributed by atoms with E-state index < -0.39 is 5.82 Å². The molecule has 0 saturated carbocycles. The summed E-state index contributed by atoms with van der Waals surface area (Å²) in [7, 11) is 0. The van der Waals surface area contributed by atoms with Crippen molar-refractivity contribution in [2.24, 2.45) is 0 Å². The molecular weight excluding hydrogens is 297 g/mol. The van der Waals surface area contributed by atoms with E-state index >= 15 is 0 Å². The van der Waals surface area contributed by atoms with E-state index in [0.717, 1.165) is 0 Å². The van der Waals surface area contributed by atoms with Crippen LogP contribution in [0.1, 0.15) is 5.56 Å². The van der Waals surface area contributed by atoms with E-state index in [-0.39, 0.29) is 11.6 Å². The van der Waals surface area contributed by atoms with Crippen molar-refractivity contribution in [3.05, 3.63) is 57.8 Å². The molecule has 0 N–H and O–H groups in total. The van der Waals surface area contributed by atoms with Gasteiger partial charge < -0.3 is 4.74 Å². The van der Waals surface area contributed by atoms with E-state index in [1.807, 2.05) is 0 Å². The van der Waals surface area contributed by atoms with Crippen LogP contribution in [-0.4, -0.2) is 0 Å². The summed E-state index contributed by atoms with van der Waals surface area (Å²) in [5.41, 5.74) is 0.572. The van der Waals surface area contributed by atoms with E-state index in [1.54, 1.807) is 24.3 Å². The Bertz CT molecular complexity index is 572. The molecule has 0 bridgehead atoms. The minimum Gasteiger partial charge on any atom is -0.454 e. The molecule has 0 aliphatic rings. The van der Waals surface area contributed by atoms with Gasteiger partial charge in [0.25, 0.3) is 0 Å².